The smallest absolute Gasteiger partial charge is 0.407 e. The lowest BCUT2D eigenvalue weighted by Gasteiger charge is -2.23. The summed E-state index contributed by atoms with van der Waals surface area (Å²) >= 11 is 0. The van der Waals surface area contributed by atoms with Crippen molar-refractivity contribution in [3.63, 3.8) is 0 Å². The van der Waals surface area contributed by atoms with Gasteiger partial charge < -0.3 is 15.4 Å². The molecule has 0 heterocycles. The molecular weight excluding hydrogens is 237 g/mol. The molecule has 2 N–H and O–H groups in total. The average molecular weight is 256 g/mol. The number of carbonyl (C=O) groups excluding carboxylic acids is 1. The molecule has 0 radical (unpaired) electrons. The Labute approximate surface area is 98.9 Å². The van der Waals surface area contributed by atoms with Crippen LogP contribution in [-0.2, 0) is 4.74 Å². The van der Waals surface area contributed by atoms with Gasteiger partial charge in [-0.05, 0) is 27.3 Å². The van der Waals surface area contributed by atoms with E-state index >= 15 is 0 Å². The number of alkyl halides is 3. The number of hydrogen-bond acceptors (Lipinski definition) is 3. The summed E-state index contributed by atoms with van der Waals surface area (Å²) in [5, 5.41) is 4.33. The Balaban J connectivity index is 4.18. The van der Waals surface area contributed by atoms with Gasteiger partial charge in [-0.2, -0.15) is 13.2 Å². The summed E-state index contributed by atoms with van der Waals surface area (Å²) in [5.74, 6) is 0. The zero-order chi connectivity index (χ0) is 13.7. The Morgan fingerprint density at radius 1 is 1.29 bits per heavy atom. The molecule has 0 fully saturated rings. The summed E-state index contributed by atoms with van der Waals surface area (Å²) in [7, 11) is 0. The topological polar surface area (TPSA) is 50.4 Å². The van der Waals surface area contributed by atoms with E-state index in [0.29, 0.717) is 0 Å². The highest BCUT2D eigenvalue weighted by molar-refractivity contribution is 5.67. The van der Waals surface area contributed by atoms with Crippen molar-refractivity contribution in [2.45, 2.75) is 45.5 Å². The van der Waals surface area contributed by atoms with Crippen LogP contribution in [0, 0.1) is 0 Å². The second-order valence-corrected chi connectivity index (χ2v) is 4.53. The van der Waals surface area contributed by atoms with Crippen LogP contribution in [0.2, 0.25) is 0 Å². The van der Waals surface area contributed by atoms with Gasteiger partial charge in [-0.25, -0.2) is 4.79 Å². The lowest BCUT2D eigenvalue weighted by molar-refractivity contribution is -0.154. The fraction of sp³-hybridized carbons (Fsp3) is 0.900. The van der Waals surface area contributed by atoms with Crippen LogP contribution in [0.3, 0.4) is 0 Å². The van der Waals surface area contributed by atoms with Gasteiger partial charge in [-0.1, -0.05) is 6.92 Å². The lowest BCUT2D eigenvalue weighted by atomic mass is 10.2. The summed E-state index contributed by atoms with van der Waals surface area (Å²) < 4.78 is 42.2. The molecule has 4 nitrogen and oxygen atoms in total. The molecule has 0 rings (SSSR count). The van der Waals surface area contributed by atoms with Crippen molar-refractivity contribution in [3.8, 4) is 0 Å². The van der Waals surface area contributed by atoms with Gasteiger partial charge in [0.25, 0.3) is 0 Å². The number of halogens is 3. The average Bonchev–Trinajstić information content (AvgIpc) is 2.07. The van der Waals surface area contributed by atoms with Gasteiger partial charge >= 0.3 is 12.3 Å². The molecule has 1 atom stereocenters. The first kappa shape index (κ1) is 16.0. The Morgan fingerprint density at radius 2 is 1.82 bits per heavy atom. The third kappa shape index (κ3) is 7.84. The van der Waals surface area contributed by atoms with Crippen LogP contribution in [0.1, 0.15) is 27.7 Å². The molecule has 0 aromatic rings. The van der Waals surface area contributed by atoms with Gasteiger partial charge in [0.05, 0.1) is 0 Å². The first-order valence-electron chi connectivity index (χ1n) is 5.33. The molecule has 0 aliphatic heterocycles. The summed E-state index contributed by atoms with van der Waals surface area (Å²) in [6.45, 7) is 6.09. The molecule has 1 unspecified atom stereocenters. The molecule has 0 saturated heterocycles. The number of ether oxygens (including phenoxy) is 1. The normalized spacial score (nSPS) is 14.3. The van der Waals surface area contributed by atoms with Crippen molar-refractivity contribution >= 4 is 6.09 Å². The first-order chi connectivity index (χ1) is 7.56. The summed E-state index contributed by atoms with van der Waals surface area (Å²) in [6, 6.07) is -1.76. The van der Waals surface area contributed by atoms with Crippen molar-refractivity contribution in [2.75, 3.05) is 13.1 Å². The van der Waals surface area contributed by atoms with E-state index in [0.717, 1.165) is 0 Å². The molecule has 0 aromatic heterocycles. The van der Waals surface area contributed by atoms with E-state index in [2.05, 4.69) is 10.6 Å². The number of hydrogen-bond donors (Lipinski definition) is 2. The highest BCUT2D eigenvalue weighted by Gasteiger charge is 2.39. The standard InChI is InChI=1S/C10H19F3N2O2/c1-5-14-7(10(11,12)13)6-15-8(16)17-9(2,3)4/h7,14H,5-6H2,1-4H3,(H,15,16). The van der Waals surface area contributed by atoms with Gasteiger partial charge in [0.1, 0.15) is 11.6 Å². The number of amides is 1. The Morgan fingerprint density at radius 3 is 2.18 bits per heavy atom. The minimum Gasteiger partial charge on any atom is -0.444 e. The highest BCUT2D eigenvalue weighted by Crippen LogP contribution is 2.19. The lowest BCUT2D eigenvalue weighted by Crippen LogP contribution is -2.50. The fourth-order valence-electron chi connectivity index (χ4n) is 1.05. The summed E-state index contributed by atoms with van der Waals surface area (Å²) in [5.41, 5.74) is -0.726. The van der Waals surface area contributed by atoms with Gasteiger partial charge in [0.2, 0.25) is 0 Å². The quantitative estimate of drug-likeness (QED) is 0.809. The molecule has 102 valence electrons. The number of rotatable bonds is 4. The maximum atomic E-state index is 12.4. The van der Waals surface area contributed by atoms with Crippen molar-refractivity contribution in [1.29, 1.82) is 0 Å². The van der Waals surface area contributed by atoms with Crippen LogP contribution in [0.4, 0.5) is 18.0 Å². The van der Waals surface area contributed by atoms with E-state index in [4.69, 9.17) is 4.74 Å². The van der Waals surface area contributed by atoms with Crippen LogP contribution < -0.4 is 10.6 Å². The van der Waals surface area contributed by atoms with Crippen LogP contribution in [0.15, 0.2) is 0 Å². The van der Waals surface area contributed by atoms with E-state index in [1.807, 2.05) is 0 Å². The predicted octanol–water partition coefficient (Wildman–Crippen LogP) is 2.05. The molecule has 7 heteroatoms. The third-order valence-corrected chi connectivity index (χ3v) is 1.70. The van der Waals surface area contributed by atoms with E-state index < -0.39 is 30.5 Å². The first-order valence-corrected chi connectivity index (χ1v) is 5.33. The van der Waals surface area contributed by atoms with Gasteiger partial charge in [-0.3, -0.25) is 0 Å². The van der Waals surface area contributed by atoms with Gasteiger partial charge in [0.15, 0.2) is 0 Å². The molecular formula is C10H19F3N2O2. The Kier molecular flexibility index (Phi) is 5.74. The van der Waals surface area contributed by atoms with E-state index in [9.17, 15) is 18.0 Å². The SMILES string of the molecule is CCNC(CNC(=O)OC(C)(C)C)C(F)(F)F. The number of alkyl carbamates (subject to hydrolysis) is 1. The van der Waals surface area contributed by atoms with Crippen LogP contribution >= 0.6 is 0 Å². The third-order valence-electron chi connectivity index (χ3n) is 1.70. The molecule has 0 aliphatic carbocycles. The molecule has 0 spiro atoms. The van der Waals surface area contributed by atoms with Crippen LogP contribution in [0.25, 0.3) is 0 Å². The van der Waals surface area contributed by atoms with Crippen molar-refractivity contribution in [3.05, 3.63) is 0 Å². The zero-order valence-electron chi connectivity index (χ0n) is 10.4. The van der Waals surface area contributed by atoms with Crippen LogP contribution in [0.5, 0.6) is 0 Å². The molecule has 0 aliphatic rings. The fourth-order valence-corrected chi connectivity index (χ4v) is 1.05. The number of carbonyl (C=O) groups is 1. The zero-order valence-corrected chi connectivity index (χ0v) is 10.4. The molecule has 0 bridgehead atoms. The largest absolute Gasteiger partial charge is 0.444 e. The Hall–Kier alpha value is -0.980. The Bertz CT molecular complexity index is 249. The summed E-state index contributed by atoms with van der Waals surface area (Å²) in [6.07, 6.45) is -5.25. The maximum absolute atomic E-state index is 12.4. The minimum atomic E-state index is -4.40. The minimum absolute atomic E-state index is 0.167. The second-order valence-electron chi connectivity index (χ2n) is 4.53. The van der Waals surface area contributed by atoms with E-state index in [1.165, 1.54) is 0 Å². The second kappa shape index (κ2) is 6.09. The summed E-state index contributed by atoms with van der Waals surface area (Å²) in [4.78, 5) is 11.2. The number of likely N-dealkylation sites (N-methyl/N-ethyl adjacent to an activating group) is 1. The molecule has 0 saturated carbocycles. The maximum Gasteiger partial charge on any atom is 0.407 e. The van der Waals surface area contributed by atoms with Crippen molar-refractivity contribution in [1.82, 2.24) is 10.6 Å². The van der Waals surface area contributed by atoms with Gasteiger partial charge in [0, 0.05) is 6.54 Å². The molecule has 17 heavy (non-hydrogen) atoms. The van der Waals surface area contributed by atoms with E-state index in [-0.39, 0.29) is 6.54 Å². The van der Waals surface area contributed by atoms with Crippen molar-refractivity contribution in [2.24, 2.45) is 0 Å². The predicted molar refractivity (Wildman–Crippen MR) is 57.8 cm³/mol. The van der Waals surface area contributed by atoms with Crippen molar-refractivity contribution < 1.29 is 22.7 Å². The van der Waals surface area contributed by atoms with Gasteiger partial charge in [-0.15, -0.1) is 0 Å². The van der Waals surface area contributed by atoms with Crippen LogP contribution in [-0.4, -0.2) is 37.0 Å². The number of nitrogens with one attached hydrogen (secondary N) is 2. The highest BCUT2D eigenvalue weighted by atomic mass is 19.4. The van der Waals surface area contributed by atoms with E-state index in [1.54, 1.807) is 27.7 Å². The monoisotopic (exact) mass is 256 g/mol. The molecule has 1 amide bonds. The molecule has 0 aromatic carbocycles.